The first kappa shape index (κ1) is 24.0. The van der Waals surface area contributed by atoms with Crippen LogP contribution in [-0.2, 0) is 10.1 Å². The highest BCUT2D eigenvalue weighted by Crippen LogP contribution is 2.69. The van der Waals surface area contributed by atoms with Gasteiger partial charge >= 0.3 is 0 Å². The van der Waals surface area contributed by atoms with Gasteiger partial charge in [0.2, 0.25) is 0 Å². The van der Waals surface area contributed by atoms with Gasteiger partial charge in [-0.25, -0.2) is 0 Å². The van der Waals surface area contributed by atoms with E-state index in [2.05, 4.69) is 27.7 Å². The summed E-state index contributed by atoms with van der Waals surface area (Å²) in [5, 5.41) is 22.1. The van der Waals surface area contributed by atoms with Crippen LogP contribution in [0.2, 0.25) is 0 Å². The molecule has 31 heavy (non-hydrogen) atoms. The fraction of sp³-hybridized carbons (Fsp3) is 1.00. The number of hydrogen-bond donors (Lipinski definition) is 3. The van der Waals surface area contributed by atoms with Gasteiger partial charge < -0.3 is 10.2 Å². The second-order valence-electron chi connectivity index (χ2n) is 12.2. The third-order valence-electron chi connectivity index (χ3n) is 11.0. The van der Waals surface area contributed by atoms with Crippen LogP contribution in [0.5, 0.6) is 0 Å². The maximum absolute atomic E-state index is 11.7. The summed E-state index contributed by atoms with van der Waals surface area (Å²) in [6, 6.07) is 0. The minimum absolute atomic E-state index is 0.135. The molecule has 4 saturated carbocycles. The number of fused-ring (bicyclic) bond motifs is 5. The standard InChI is InChI=1S/C25H44O5S/c1-5-17-21-14-16(26)8-11-25(21,4)20-9-12-24(3)18(15(2)10-13-31(28,29)30)6-7-19(24)22(20)23(17)27/h15-23,26-27H,5-14H2,1-4H3,(H,28,29,30)/t15-,16-,17-,18-,19+,20+,21+,22+,23-,24-,25-/m1/s1. The average Bonchev–Trinajstić information content (AvgIpc) is 3.04. The molecule has 0 bridgehead atoms. The quantitative estimate of drug-likeness (QED) is 0.529. The zero-order chi connectivity index (χ0) is 22.8. The summed E-state index contributed by atoms with van der Waals surface area (Å²) in [6.45, 7) is 9.22. The molecular formula is C25H44O5S. The van der Waals surface area contributed by atoms with E-state index in [9.17, 15) is 23.2 Å². The Morgan fingerprint density at radius 1 is 0.968 bits per heavy atom. The van der Waals surface area contributed by atoms with Gasteiger partial charge in [0.15, 0.2) is 0 Å². The summed E-state index contributed by atoms with van der Waals surface area (Å²) in [6.07, 6.45) is 8.26. The summed E-state index contributed by atoms with van der Waals surface area (Å²) in [5.74, 6) is 2.55. The fourth-order valence-electron chi connectivity index (χ4n) is 9.47. The lowest BCUT2D eigenvalue weighted by molar-refractivity contribution is -0.203. The molecule has 0 spiro atoms. The van der Waals surface area contributed by atoms with Crippen molar-refractivity contribution in [2.45, 2.75) is 97.7 Å². The molecule has 0 radical (unpaired) electrons. The van der Waals surface area contributed by atoms with E-state index in [-0.39, 0.29) is 40.6 Å². The van der Waals surface area contributed by atoms with Crippen molar-refractivity contribution in [2.75, 3.05) is 5.75 Å². The Labute approximate surface area is 189 Å². The highest BCUT2D eigenvalue weighted by Gasteiger charge is 2.64. The Morgan fingerprint density at radius 3 is 2.26 bits per heavy atom. The zero-order valence-electron chi connectivity index (χ0n) is 19.8. The van der Waals surface area contributed by atoms with E-state index in [0.29, 0.717) is 36.0 Å². The van der Waals surface area contributed by atoms with Crippen molar-refractivity contribution in [3.63, 3.8) is 0 Å². The normalized spacial score (nSPS) is 50.9. The molecule has 11 atom stereocenters. The van der Waals surface area contributed by atoms with E-state index in [1.54, 1.807) is 0 Å². The zero-order valence-corrected chi connectivity index (χ0v) is 20.7. The van der Waals surface area contributed by atoms with Crippen molar-refractivity contribution in [1.82, 2.24) is 0 Å². The van der Waals surface area contributed by atoms with Gasteiger partial charge in [-0.1, -0.05) is 34.1 Å². The molecule has 0 aliphatic heterocycles. The van der Waals surface area contributed by atoms with E-state index >= 15 is 0 Å². The Balaban J connectivity index is 1.61. The fourth-order valence-corrected chi connectivity index (χ4v) is 10.1. The molecule has 3 N–H and O–H groups in total. The Kier molecular flexibility index (Phi) is 6.38. The van der Waals surface area contributed by atoms with Gasteiger partial charge in [0.1, 0.15) is 0 Å². The molecule has 4 aliphatic rings. The smallest absolute Gasteiger partial charge is 0.264 e. The molecule has 4 aliphatic carbocycles. The van der Waals surface area contributed by atoms with Gasteiger partial charge in [-0.3, -0.25) is 4.55 Å². The number of rotatable bonds is 5. The molecule has 0 amide bonds. The first-order chi connectivity index (χ1) is 14.4. The van der Waals surface area contributed by atoms with Crippen LogP contribution in [-0.4, -0.2) is 41.1 Å². The predicted octanol–water partition coefficient (Wildman–Crippen LogP) is 4.53. The molecule has 4 rings (SSSR count). The highest BCUT2D eigenvalue weighted by molar-refractivity contribution is 7.85. The lowest BCUT2D eigenvalue weighted by Crippen LogP contribution is -2.62. The van der Waals surface area contributed by atoms with Crippen LogP contribution in [0.1, 0.15) is 85.5 Å². The van der Waals surface area contributed by atoms with Gasteiger partial charge in [0, 0.05) is 0 Å². The van der Waals surface area contributed by atoms with Crippen LogP contribution in [0.4, 0.5) is 0 Å². The van der Waals surface area contributed by atoms with Gasteiger partial charge in [-0.2, -0.15) is 8.42 Å². The third kappa shape index (κ3) is 3.91. The summed E-state index contributed by atoms with van der Waals surface area (Å²) >= 11 is 0. The maximum Gasteiger partial charge on any atom is 0.264 e. The van der Waals surface area contributed by atoms with Crippen molar-refractivity contribution >= 4 is 10.1 Å². The SMILES string of the molecule is CC[C@H]1[C@@H](O)[C@@H]2[C@H](CC[C@]3(C)[C@@H]([C@H](C)CCS(=O)(=O)O)CC[C@@H]23)[C@@]2(C)CC[C@@H](O)C[C@@H]12. The Hall–Kier alpha value is -0.170. The van der Waals surface area contributed by atoms with E-state index in [4.69, 9.17) is 0 Å². The van der Waals surface area contributed by atoms with Gasteiger partial charge in [0.05, 0.1) is 18.0 Å². The summed E-state index contributed by atoms with van der Waals surface area (Å²) < 4.78 is 31.9. The van der Waals surface area contributed by atoms with E-state index in [1.807, 2.05) is 0 Å². The maximum atomic E-state index is 11.7. The largest absolute Gasteiger partial charge is 0.393 e. The summed E-state index contributed by atoms with van der Waals surface area (Å²) in [5.41, 5.74) is 0.344. The Bertz CT molecular complexity index is 768. The van der Waals surface area contributed by atoms with Crippen molar-refractivity contribution in [2.24, 2.45) is 52.3 Å². The van der Waals surface area contributed by atoms with Crippen molar-refractivity contribution in [3.8, 4) is 0 Å². The average molecular weight is 457 g/mol. The first-order valence-corrected chi connectivity index (χ1v) is 14.3. The molecule has 0 aromatic heterocycles. The molecule has 6 heteroatoms. The van der Waals surface area contributed by atoms with Crippen molar-refractivity contribution in [3.05, 3.63) is 0 Å². The molecule has 0 aromatic rings. The third-order valence-corrected chi connectivity index (χ3v) is 11.7. The molecular weight excluding hydrogens is 412 g/mol. The highest BCUT2D eigenvalue weighted by atomic mass is 32.2. The molecule has 0 saturated heterocycles. The molecule has 0 unspecified atom stereocenters. The van der Waals surface area contributed by atoms with Crippen LogP contribution >= 0.6 is 0 Å². The van der Waals surface area contributed by atoms with Crippen LogP contribution in [0.15, 0.2) is 0 Å². The minimum atomic E-state index is -3.92. The summed E-state index contributed by atoms with van der Waals surface area (Å²) in [7, 11) is -3.92. The van der Waals surface area contributed by atoms with Gasteiger partial charge in [-0.05, 0) is 104 Å². The van der Waals surface area contributed by atoms with Crippen LogP contribution in [0, 0.1) is 52.3 Å². The van der Waals surface area contributed by atoms with Crippen LogP contribution in [0.25, 0.3) is 0 Å². The first-order valence-electron chi connectivity index (χ1n) is 12.7. The molecule has 5 nitrogen and oxygen atoms in total. The number of aliphatic hydroxyl groups is 2. The summed E-state index contributed by atoms with van der Waals surface area (Å²) in [4.78, 5) is 0. The second-order valence-corrected chi connectivity index (χ2v) is 13.7. The van der Waals surface area contributed by atoms with Gasteiger partial charge in [-0.15, -0.1) is 0 Å². The number of aliphatic hydroxyl groups excluding tert-OH is 2. The monoisotopic (exact) mass is 456 g/mol. The topological polar surface area (TPSA) is 94.8 Å². The van der Waals surface area contributed by atoms with E-state index in [1.165, 1.54) is 0 Å². The Morgan fingerprint density at radius 2 is 1.61 bits per heavy atom. The molecule has 0 heterocycles. The predicted molar refractivity (Wildman–Crippen MR) is 122 cm³/mol. The van der Waals surface area contributed by atoms with E-state index < -0.39 is 10.1 Å². The lowest BCUT2D eigenvalue weighted by atomic mass is 9.41. The van der Waals surface area contributed by atoms with E-state index in [0.717, 1.165) is 51.4 Å². The lowest BCUT2D eigenvalue weighted by Gasteiger charge is -2.64. The second kappa shape index (κ2) is 8.25. The van der Waals surface area contributed by atoms with Crippen LogP contribution < -0.4 is 0 Å². The molecule has 180 valence electrons. The minimum Gasteiger partial charge on any atom is -0.393 e. The van der Waals surface area contributed by atoms with Crippen molar-refractivity contribution in [1.29, 1.82) is 0 Å². The van der Waals surface area contributed by atoms with Gasteiger partial charge in [0.25, 0.3) is 10.1 Å². The molecule has 4 fully saturated rings. The number of hydrogen-bond acceptors (Lipinski definition) is 4. The molecule has 0 aromatic carbocycles. The van der Waals surface area contributed by atoms with Crippen LogP contribution in [0.3, 0.4) is 0 Å². The van der Waals surface area contributed by atoms with Crippen molar-refractivity contribution < 1.29 is 23.2 Å².